The zero-order chi connectivity index (χ0) is 15.5. The van der Waals surface area contributed by atoms with Gasteiger partial charge in [0.1, 0.15) is 5.75 Å². The molecule has 0 spiro atoms. The maximum Gasteiger partial charge on any atom is 0.118 e. The molecule has 0 atom stereocenters. The van der Waals surface area contributed by atoms with Crippen LogP contribution < -0.4 is 4.74 Å². The van der Waals surface area contributed by atoms with E-state index in [9.17, 15) is 5.26 Å². The van der Waals surface area contributed by atoms with Gasteiger partial charge in [-0.1, -0.05) is 24.3 Å². The molecule has 0 aliphatic heterocycles. The number of aryl methyl sites for hydroxylation is 1. The number of ether oxygens (including phenoxy) is 1. The van der Waals surface area contributed by atoms with Crippen LogP contribution in [-0.4, -0.2) is 11.5 Å². The number of aromatic nitrogens is 1. The van der Waals surface area contributed by atoms with E-state index in [1.165, 1.54) is 11.5 Å². The summed E-state index contributed by atoms with van der Waals surface area (Å²) in [4.78, 5) is 1.16. The van der Waals surface area contributed by atoms with Crippen molar-refractivity contribution in [1.82, 2.24) is 4.37 Å². The minimum atomic E-state index is 0.647. The third kappa shape index (κ3) is 2.72. The highest BCUT2D eigenvalue weighted by Crippen LogP contribution is 2.30. The van der Waals surface area contributed by atoms with Gasteiger partial charge in [-0.15, -0.1) is 0 Å². The number of hydrogen-bond acceptors (Lipinski definition) is 4. The molecule has 108 valence electrons. The Labute approximate surface area is 133 Å². The Morgan fingerprint density at radius 1 is 1.05 bits per heavy atom. The second kappa shape index (κ2) is 6.00. The molecule has 0 unspecified atom stereocenters. The van der Waals surface area contributed by atoms with E-state index in [0.29, 0.717) is 5.56 Å². The number of methoxy groups -OCH3 is 1. The molecule has 0 amide bonds. The van der Waals surface area contributed by atoms with Gasteiger partial charge in [-0.25, -0.2) is 0 Å². The molecule has 22 heavy (non-hydrogen) atoms. The first-order valence-electron chi connectivity index (χ1n) is 6.83. The Morgan fingerprint density at radius 2 is 1.77 bits per heavy atom. The Morgan fingerprint density at radius 3 is 2.36 bits per heavy atom. The summed E-state index contributed by atoms with van der Waals surface area (Å²) in [7, 11) is 1.64. The summed E-state index contributed by atoms with van der Waals surface area (Å²) in [6.45, 7) is 2.03. The van der Waals surface area contributed by atoms with Crippen LogP contribution in [0.15, 0.2) is 48.5 Å². The van der Waals surface area contributed by atoms with Gasteiger partial charge in [0, 0.05) is 10.4 Å². The van der Waals surface area contributed by atoms with Gasteiger partial charge in [0.15, 0.2) is 0 Å². The van der Waals surface area contributed by atoms with Crippen LogP contribution >= 0.6 is 11.5 Å². The fourth-order valence-electron chi connectivity index (χ4n) is 2.32. The summed E-state index contributed by atoms with van der Waals surface area (Å²) >= 11 is 1.47. The first kappa shape index (κ1) is 14.3. The van der Waals surface area contributed by atoms with Crippen LogP contribution in [0.1, 0.15) is 10.4 Å². The predicted molar refractivity (Wildman–Crippen MR) is 89.0 cm³/mol. The van der Waals surface area contributed by atoms with Crippen molar-refractivity contribution in [1.29, 1.82) is 5.26 Å². The summed E-state index contributed by atoms with van der Waals surface area (Å²) in [5.74, 6) is 0.803. The highest BCUT2D eigenvalue weighted by atomic mass is 32.1. The van der Waals surface area contributed by atoms with Crippen LogP contribution in [-0.2, 0) is 0 Å². The smallest absolute Gasteiger partial charge is 0.118 e. The normalized spacial score (nSPS) is 10.2. The van der Waals surface area contributed by atoms with Crippen molar-refractivity contribution in [2.24, 2.45) is 0 Å². The van der Waals surface area contributed by atoms with Gasteiger partial charge in [0.05, 0.1) is 24.4 Å². The molecule has 3 nitrogen and oxygen atoms in total. The first-order valence-corrected chi connectivity index (χ1v) is 7.61. The van der Waals surface area contributed by atoms with E-state index >= 15 is 0 Å². The lowest BCUT2D eigenvalue weighted by molar-refractivity contribution is 0.415. The topological polar surface area (TPSA) is 45.9 Å². The molecule has 0 fully saturated rings. The van der Waals surface area contributed by atoms with Gasteiger partial charge in [-0.2, -0.15) is 9.64 Å². The molecular weight excluding hydrogens is 292 g/mol. The number of rotatable bonds is 3. The molecule has 3 aromatic rings. The number of nitriles is 1. The Hall–Kier alpha value is -2.64. The van der Waals surface area contributed by atoms with Crippen molar-refractivity contribution in [2.75, 3.05) is 7.11 Å². The second-order valence-corrected chi connectivity index (χ2v) is 5.93. The maximum atomic E-state index is 9.46. The molecule has 4 heteroatoms. The third-order valence-corrected chi connectivity index (χ3v) is 4.16. The summed E-state index contributed by atoms with van der Waals surface area (Å²) < 4.78 is 9.57. The Kier molecular flexibility index (Phi) is 3.90. The lowest BCUT2D eigenvalue weighted by Gasteiger charge is -2.07. The number of hydrogen-bond donors (Lipinski definition) is 0. The average molecular weight is 306 g/mol. The molecule has 0 aliphatic carbocycles. The van der Waals surface area contributed by atoms with Crippen molar-refractivity contribution in [2.45, 2.75) is 6.92 Å². The SMILES string of the molecule is COc1ccc(-c2ccc(-c3cc(C)sn3)cc2C#N)cc1. The summed E-state index contributed by atoms with van der Waals surface area (Å²) in [6, 6.07) is 17.9. The van der Waals surface area contributed by atoms with E-state index in [0.717, 1.165) is 33.0 Å². The zero-order valence-corrected chi connectivity index (χ0v) is 13.1. The predicted octanol–water partition coefficient (Wildman–Crippen LogP) is 4.67. The van der Waals surface area contributed by atoms with Crippen LogP contribution in [0.4, 0.5) is 0 Å². The quantitative estimate of drug-likeness (QED) is 0.706. The van der Waals surface area contributed by atoms with E-state index in [4.69, 9.17) is 4.74 Å². The molecule has 1 aromatic heterocycles. The lowest BCUT2D eigenvalue weighted by Crippen LogP contribution is -1.88. The van der Waals surface area contributed by atoms with Gasteiger partial charge in [0.25, 0.3) is 0 Å². The highest BCUT2D eigenvalue weighted by molar-refractivity contribution is 7.05. The third-order valence-electron chi connectivity index (χ3n) is 3.46. The Balaban J connectivity index is 2.04. The molecular formula is C18H14N2OS. The molecule has 3 rings (SSSR count). The van der Waals surface area contributed by atoms with Crippen LogP contribution in [0, 0.1) is 18.3 Å². The number of benzene rings is 2. The van der Waals surface area contributed by atoms with Gasteiger partial charge < -0.3 is 4.74 Å². The largest absolute Gasteiger partial charge is 0.497 e. The Bertz CT molecular complexity index is 844. The second-order valence-electron chi connectivity index (χ2n) is 4.92. The fraction of sp³-hybridized carbons (Fsp3) is 0.111. The monoisotopic (exact) mass is 306 g/mol. The van der Waals surface area contributed by atoms with E-state index in [1.807, 2.05) is 55.5 Å². The van der Waals surface area contributed by atoms with E-state index in [-0.39, 0.29) is 0 Å². The van der Waals surface area contributed by atoms with Gasteiger partial charge in [-0.3, -0.25) is 0 Å². The molecule has 1 heterocycles. The summed E-state index contributed by atoms with van der Waals surface area (Å²) in [6.07, 6.45) is 0. The molecule has 0 N–H and O–H groups in total. The molecule has 0 radical (unpaired) electrons. The standard InChI is InChI=1S/C18H14N2OS/c1-12-9-18(20-22-12)14-5-8-17(15(10-14)11-19)13-3-6-16(21-2)7-4-13/h3-10H,1-2H3. The maximum absolute atomic E-state index is 9.46. The summed E-state index contributed by atoms with van der Waals surface area (Å²) in [5, 5.41) is 9.46. The fourth-order valence-corrected chi connectivity index (χ4v) is 2.89. The molecule has 0 aliphatic rings. The molecule has 2 aromatic carbocycles. The minimum absolute atomic E-state index is 0.647. The van der Waals surface area contributed by atoms with Crippen molar-refractivity contribution in [3.05, 3.63) is 59.0 Å². The van der Waals surface area contributed by atoms with Crippen LogP contribution in [0.25, 0.3) is 22.4 Å². The van der Waals surface area contributed by atoms with Crippen LogP contribution in [0.2, 0.25) is 0 Å². The van der Waals surface area contributed by atoms with E-state index in [1.54, 1.807) is 7.11 Å². The van der Waals surface area contributed by atoms with Gasteiger partial charge in [0.2, 0.25) is 0 Å². The first-order chi connectivity index (χ1) is 10.7. The van der Waals surface area contributed by atoms with Gasteiger partial charge >= 0.3 is 0 Å². The van der Waals surface area contributed by atoms with Crippen LogP contribution in [0.3, 0.4) is 0 Å². The van der Waals surface area contributed by atoms with Crippen LogP contribution in [0.5, 0.6) is 5.75 Å². The molecule has 0 bridgehead atoms. The number of nitrogens with zero attached hydrogens (tertiary/aromatic N) is 2. The highest BCUT2D eigenvalue weighted by Gasteiger charge is 2.09. The van der Waals surface area contributed by atoms with E-state index < -0.39 is 0 Å². The lowest BCUT2D eigenvalue weighted by atomic mass is 9.97. The van der Waals surface area contributed by atoms with Crippen molar-refractivity contribution in [3.8, 4) is 34.2 Å². The van der Waals surface area contributed by atoms with Crippen molar-refractivity contribution in [3.63, 3.8) is 0 Å². The average Bonchev–Trinajstić information content (AvgIpc) is 3.01. The van der Waals surface area contributed by atoms with E-state index in [2.05, 4.69) is 10.4 Å². The molecule has 0 saturated heterocycles. The molecule has 0 saturated carbocycles. The van der Waals surface area contributed by atoms with Crippen molar-refractivity contribution >= 4 is 11.5 Å². The van der Waals surface area contributed by atoms with Gasteiger partial charge in [-0.05, 0) is 53.8 Å². The minimum Gasteiger partial charge on any atom is -0.497 e. The van der Waals surface area contributed by atoms with Crippen molar-refractivity contribution < 1.29 is 4.74 Å². The summed E-state index contributed by atoms with van der Waals surface area (Å²) in [5.41, 5.74) is 4.45. The zero-order valence-electron chi connectivity index (χ0n) is 12.3.